The number of nitriles is 1. The first-order valence-corrected chi connectivity index (χ1v) is 6.80. The fourth-order valence-corrected chi connectivity index (χ4v) is 2.16. The Hall–Kier alpha value is -2.38. The van der Waals surface area contributed by atoms with Crippen molar-refractivity contribution in [1.29, 1.82) is 5.26 Å². The monoisotopic (exact) mass is 284 g/mol. The van der Waals surface area contributed by atoms with E-state index in [1.165, 1.54) is 6.07 Å². The van der Waals surface area contributed by atoms with E-state index in [9.17, 15) is 9.50 Å². The van der Waals surface area contributed by atoms with Gasteiger partial charge >= 0.3 is 0 Å². The predicted molar refractivity (Wildman–Crippen MR) is 80.7 cm³/mol. The quantitative estimate of drug-likeness (QED) is 0.905. The van der Waals surface area contributed by atoms with E-state index in [0.717, 1.165) is 5.69 Å². The molecule has 2 rings (SSSR count). The molecule has 0 fully saturated rings. The van der Waals surface area contributed by atoms with E-state index in [1.54, 1.807) is 24.0 Å². The minimum Gasteiger partial charge on any atom is -0.389 e. The fourth-order valence-electron chi connectivity index (χ4n) is 2.16. The number of halogens is 1. The number of aliphatic hydroxyl groups excluding tert-OH is 1. The van der Waals surface area contributed by atoms with Crippen LogP contribution in [0.1, 0.15) is 25.0 Å². The van der Waals surface area contributed by atoms with Crippen molar-refractivity contribution in [1.82, 2.24) is 0 Å². The number of benzene rings is 2. The molecule has 0 amide bonds. The van der Waals surface area contributed by atoms with Crippen LogP contribution in [0.2, 0.25) is 0 Å². The SMILES string of the molecule is C[C@@H](O)c1ccc(N(CCC#N)c2ccccc2)c(F)c1. The van der Waals surface area contributed by atoms with E-state index in [-0.39, 0.29) is 0 Å². The average Bonchev–Trinajstić information content (AvgIpc) is 2.50. The Bertz CT molecular complexity index is 635. The van der Waals surface area contributed by atoms with Crippen molar-refractivity contribution in [3.05, 3.63) is 59.9 Å². The van der Waals surface area contributed by atoms with Crippen LogP contribution in [0.5, 0.6) is 0 Å². The Kier molecular flexibility index (Phi) is 4.91. The number of anilines is 2. The van der Waals surface area contributed by atoms with Crippen LogP contribution in [0.25, 0.3) is 0 Å². The number of hydrogen-bond donors (Lipinski definition) is 1. The van der Waals surface area contributed by atoms with Crippen molar-refractivity contribution in [2.24, 2.45) is 0 Å². The first kappa shape index (κ1) is 15.0. The Morgan fingerprint density at radius 3 is 2.52 bits per heavy atom. The zero-order valence-electron chi connectivity index (χ0n) is 11.8. The second kappa shape index (κ2) is 6.87. The zero-order chi connectivity index (χ0) is 15.2. The van der Waals surface area contributed by atoms with Crippen molar-refractivity contribution in [2.75, 3.05) is 11.4 Å². The Labute approximate surface area is 123 Å². The summed E-state index contributed by atoms with van der Waals surface area (Å²) in [6.07, 6.45) is -0.412. The first-order chi connectivity index (χ1) is 10.1. The van der Waals surface area contributed by atoms with Gasteiger partial charge < -0.3 is 10.0 Å². The van der Waals surface area contributed by atoms with Gasteiger partial charge in [-0.15, -0.1) is 0 Å². The van der Waals surface area contributed by atoms with Gasteiger partial charge in [0.15, 0.2) is 0 Å². The lowest BCUT2D eigenvalue weighted by molar-refractivity contribution is 0.199. The summed E-state index contributed by atoms with van der Waals surface area (Å²) in [4.78, 5) is 1.77. The number of rotatable bonds is 5. The highest BCUT2D eigenvalue weighted by atomic mass is 19.1. The summed E-state index contributed by atoms with van der Waals surface area (Å²) in [5, 5.41) is 18.3. The Balaban J connectivity index is 2.40. The van der Waals surface area contributed by atoms with Crippen LogP contribution in [0.3, 0.4) is 0 Å². The smallest absolute Gasteiger partial charge is 0.147 e. The van der Waals surface area contributed by atoms with Crippen LogP contribution in [-0.2, 0) is 0 Å². The maximum atomic E-state index is 14.3. The van der Waals surface area contributed by atoms with E-state index < -0.39 is 11.9 Å². The highest BCUT2D eigenvalue weighted by Gasteiger charge is 2.15. The molecule has 0 heterocycles. The molecule has 21 heavy (non-hydrogen) atoms. The number of nitrogens with zero attached hydrogens (tertiary/aromatic N) is 2. The maximum Gasteiger partial charge on any atom is 0.147 e. The molecule has 0 aliphatic rings. The third kappa shape index (κ3) is 3.59. The summed E-state index contributed by atoms with van der Waals surface area (Å²) < 4.78 is 14.3. The highest BCUT2D eigenvalue weighted by molar-refractivity contribution is 5.64. The standard InChI is InChI=1S/C17H17FN2O/c1-13(21)14-8-9-17(16(18)12-14)20(11-5-10-19)15-6-3-2-4-7-15/h2-4,6-9,12-13,21H,5,11H2,1H3/t13-/m1/s1. The fraction of sp³-hybridized carbons (Fsp3) is 0.235. The molecule has 4 heteroatoms. The van der Waals surface area contributed by atoms with Gasteiger partial charge in [-0.3, -0.25) is 0 Å². The summed E-state index contributed by atoms with van der Waals surface area (Å²) in [5.74, 6) is -0.407. The van der Waals surface area contributed by atoms with Crippen LogP contribution in [0, 0.1) is 17.1 Å². The van der Waals surface area contributed by atoms with Crippen LogP contribution < -0.4 is 4.90 Å². The summed E-state index contributed by atoms with van der Waals surface area (Å²) in [6.45, 7) is 2.00. The molecule has 1 N–H and O–H groups in total. The summed E-state index contributed by atoms with van der Waals surface area (Å²) in [6, 6.07) is 16.1. The Morgan fingerprint density at radius 2 is 1.95 bits per heavy atom. The molecule has 1 atom stereocenters. The lowest BCUT2D eigenvalue weighted by Crippen LogP contribution is -2.19. The Morgan fingerprint density at radius 1 is 1.24 bits per heavy atom. The van der Waals surface area contributed by atoms with Gasteiger partial charge in [-0.1, -0.05) is 24.3 Å². The van der Waals surface area contributed by atoms with Crippen LogP contribution in [0.15, 0.2) is 48.5 Å². The molecule has 108 valence electrons. The average molecular weight is 284 g/mol. The number of hydrogen-bond acceptors (Lipinski definition) is 3. The van der Waals surface area contributed by atoms with E-state index in [4.69, 9.17) is 5.26 Å². The maximum absolute atomic E-state index is 14.3. The number of aliphatic hydroxyl groups is 1. The molecule has 0 aliphatic carbocycles. The van der Waals surface area contributed by atoms with Crippen molar-refractivity contribution < 1.29 is 9.50 Å². The molecule has 0 radical (unpaired) electrons. The normalized spacial score (nSPS) is 11.7. The summed E-state index contributed by atoms with van der Waals surface area (Å²) in [5.41, 5.74) is 1.77. The molecular weight excluding hydrogens is 267 g/mol. The molecule has 0 spiro atoms. The third-order valence-corrected chi connectivity index (χ3v) is 3.26. The van der Waals surface area contributed by atoms with Crippen LogP contribution in [0.4, 0.5) is 15.8 Å². The van der Waals surface area contributed by atoms with Gasteiger partial charge in [-0.2, -0.15) is 5.26 Å². The molecule has 0 saturated heterocycles. The van der Waals surface area contributed by atoms with Crippen LogP contribution >= 0.6 is 0 Å². The molecule has 2 aromatic carbocycles. The zero-order valence-corrected chi connectivity index (χ0v) is 11.8. The molecule has 0 bridgehead atoms. The highest BCUT2D eigenvalue weighted by Crippen LogP contribution is 2.29. The molecule has 0 unspecified atom stereocenters. The van der Waals surface area contributed by atoms with Gasteiger partial charge in [0.2, 0.25) is 0 Å². The molecule has 2 aromatic rings. The predicted octanol–water partition coefficient (Wildman–Crippen LogP) is 3.93. The van der Waals surface area contributed by atoms with Gasteiger partial charge in [0.05, 0.1) is 24.3 Å². The minimum atomic E-state index is -0.710. The summed E-state index contributed by atoms with van der Waals surface area (Å²) >= 11 is 0. The number of para-hydroxylation sites is 1. The van der Waals surface area contributed by atoms with Crippen LogP contribution in [-0.4, -0.2) is 11.7 Å². The van der Waals surface area contributed by atoms with Gasteiger partial charge in [-0.25, -0.2) is 4.39 Å². The summed E-state index contributed by atoms with van der Waals surface area (Å²) in [7, 11) is 0. The van der Waals surface area contributed by atoms with Crippen molar-refractivity contribution in [3.63, 3.8) is 0 Å². The second-order valence-electron chi connectivity index (χ2n) is 4.78. The van der Waals surface area contributed by atoms with Gasteiger partial charge in [-0.05, 0) is 36.8 Å². The van der Waals surface area contributed by atoms with E-state index in [1.807, 2.05) is 30.3 Å². The molecule has 0 aliphatic heterocycles. The van der Waals surface area contributed by atoms with E-state index in [0.29, 0.717) is 24.2 Å². The molecule has 0 saturated carbocycles. The lowest BCUT2D eigenvalue weighted by Gasteiger charge is -2.25. The largest absolute Gasteiger partial charge is 0.389 e. The van der Waals surface area contributed by atoms with Gasteiger partial charge in [0.25, 0.3) is 0 Å². The van der Waals surface area contributed by atoms with Gasteiger partial charge in [0, 0.05) is 12.2 Å². The van der Waals surface area contributed by atoms with Gasteiger partial charge in [0.1, 0.15) is 5.82 Å². The first-order valence-electron chi connectivity index (χ1n) is 6.80. The molecular formula is C17H17FN2O. The van der Waals surface area contributed by atoms with Crippen molar-refractivity contribution in [3.8, 4) is 6.07 Å². The van der Waals surface area contributed by atoms with Crippen molar-refractivity contribution >= 4 is 11.4 Å². The minimum absolute atomic E-state index is 0.298. The third-order valence-electron chi connectivity index (χ3n) is 3.26. The topological polar surface area (TPSA) is 47.3 Å². The molecule has 3 nitrogen and oxygen atoms in total. The second-order valence-corrected chi connectivity index (χ2v) is 4.78. The van der Waals surface area contributed by atoms with E-state index >= 15 is 0 Å². The lowest BCUT2D eigenvalue weighted by atomic mass is 10.1. The molecule has 0 aromatic heterocycles. The van der Waals surface area contributed by atoms with Crippen molar-refractivity contribution in [2.45, 2.75) is 19.4 Å². The van der Waals surface area contributed by atoms with E-state index in [2.05, 4.69) is 6.07 Å².